The smallest absolute Gasteiger partial charge is 0.331 e. The summed E-state index contributed by atoms with van der Waals surface area (Å²) in [6.07, 6.45) is 8.75. The first-order valence-corrected chi connectivity index (χ1v) is 5.60. The summed E-state index contributed by atoms with van der Waals surface area (Å²) in [7, 11) is 0. The van der Waals surface area contributed by atoms with E-state index in [1.807, 2.05) is 0 Å². The Labute approximate surface area is 84.3 Å². The molecule has 0 radical (unpaired) electrons. The molecule has 2 atom stereocenters. The first-order valence-electron chi connectivity index (χ1n) is 5.60. The molecule has 0 saturated heterocycles. The molecule has 2 nitrogen and oxygen atoms in total. The van der Waals surface area contributed by atoms with Crippen LogP contribution >= 0.6 is 0 Å². The van der Waals surface area contributed by atoms with Crippen LogP contribution in [0.2, 0.25) is 0 Å². The van der Waals surface area contributed by atoms with E-state index in [0.717, 1.165) is 12.8 Å². The van der Waals surface area contributed by atoms with E-state index in [-0.39, 0.29) is 17.0 Å². The van der Waals surface area contributed by atoms with Gasteiger partial charge in [-0.1, -0.05) is 6.92 Å². The number of hydrogen-bond acceptors (Lipinski definition) is 2. The zero-order valence-corrected chi connectivity index (χ0v) is 8.64. The fraction of sp³-hybridized carbons (Fsp3) is 0.750. The van der Waals surface area contributed by atoms with Gasteiger partial charge < -0.3 is 4.74 Å². The van der Waals surface area contributed by atoms with Crippen LogP contribution in [0.3, 0.4) is 0 Å². The molecule has 3 aliphatic rings. The van der Waals surface area contributed by atoms with Crippen molar-refractivity contribution in [3.63, 3.8) is 0 Å². The van der Waals surface area contributed by atoms with Gasteiger partial charge in [-0.15, -0.1) is 0 Å². The second kappa shape index (κ2) is 2.41. The second-order valence-corrected chi connectivity index (χ2v) is 5.19. The molecule has 76 valence electrons. The summed E-state index contributed by atoms with van der Waals surface area (Å²) in [6, 6.07) is 0. The van der Waals surface area contributed by atoms with E-state index in [0.29, 0.717) is 0 Å². The number of ether oxygens (including phenoxy) is 1. The van der Waals surface area contributed by atoms with E-state index in [4.69, 9.17) is 4.74 Å². The van der Waals surface area contributed by atoms with Gasteiger partial charge in [0, 0.05) is 11.5 Å². The summed E-state index contributed by atoms with van der Waals surface area (Å²) in [6.45, 7) is 2.30. The zero-order chi connectivity index (χ0) is 9.81. The minimum absolute atomic E-state index is 0.102. The largest absolute Gasteiger partial charge is 0.451 e. The van der Waals surface area contributed by atoms with Crippen LogP contribution in [0.5, 0.6) is 0 Å². The topological polar surface area (TPSA) is 26.3 Å². The lowest BCUT2D eigenvalue weighted by Crippen LogP contribution is -2.46. The Morgan fingerprint density at radius 2 is 2.07 bits per heavy atom. The maximum Gasteiger partial charge on any atom is 0.331 e. The lowest BCUT2D eigenvalue weighted by Gasteiger charge is -2.45. The molecule has 1 heterocycles. The SMILES string of the molecule is C[C@]12CCCC3=CC(=O)O[C@@]31CCC2. The van der Waals surface area contributed by atoms with Crippen molar-refractivity contribution in [1.82, 2.24) is 0 Å². The Kier molecular flexibility index (Phi) is 1.47. The lowest BCUT2D eigenvalue weighted by atomic mass is 9.64. The molecule has 3 rings (SSSR count). The van der Waals surface area contributed by atoms with Gasteiger partial charge in [-0.2, -0.15) is 0 Å². The van der Waals surface area contributed by atoms with Crippen molar-refractivity contribution in [1.29, 1.82) is 0 Å². The van der Waals surface area contributed by atoms with Crippen molar-refractivity contribution >= 4 is 5.97 Å². The molecule has 1 aliphatic heterocycles. The number of hydrogen-bond donors (Lipinski definition) is 0. The Bertz CT molecular complexity index is 331. The first kappa shape index (κ1) is 8.51. The summed E-state index contributed by atoms with van der Waals surface area (Å²) in [5.41, 5.74) is 1.35. The van der Waals surface area contributed by atoms with Crippen LogP contribution in [0.4, 0.5) is 0 Å². The minimum atomic E-state index is -0.178. The Morgan fingerprint density at radius 3 is 2.93 bits per heavy atom. The Hall–Kier alpha value is -0.790. The molecule has 0 unspecified atom stereocenters. The van der Waals surface area contributed by atoms with Crippen molar-refractivity contribution in [2.45, 2.75) is 51.0 Å². The second-order valence-electron chi connectivity index (χ2n) is 5.19. The van der Waals surface area contributed by atoms with Gasteiger partial charge >= 0.3 is 5.97 Å². The summed E-state index contributed by atoms with van der Waals surface area (Å²) < 4.78 is 5.65. The molecule has 0 amide bonds. The first-order chi connectivity index (χ1) is 6.66. The Balaban J connectivity index is 2.11. The molecule has 1 spiro atoms. The highest BCUT2D eigenvalue weighted by atomic mass is 16.6. The molecule has 0 aromatic rings. The van der Waals surface area contributed by atoms with Gasteiger partial charge in [0.25, 0.3) is 0 Å². The van der Waals surface area contributed by atoms with E-state index < -0.39 is 0 Å². The molecule has 0 aromatic heterocycles. The van der Waals surface area contributed by atoms with Crippen molar-refractivity contribution in [2.24, 2.45) is 5.41 Å². The molecule has 2 saturated carbocycles. The average Bonchev–Trinajstić information content (AvgIpc) is 2.59. The molecular weight excluding hydrogens is 176 g/mol. The van der Waals surface area contributed by atoms with Gasteiger partial charge in [0.05, 0.1) is 0 Å². The third-order valence-corrected chi connectivity index (χ3v) is 4.49. The van der Waals surface area contributed by atoms with E-state index in [1.54, 1.807) is 6.08 Å². The molecule has 2 aliphatic carbocycles. The van der Waals surface area contributed by atoms with E-state index >= 15 is 0 Å². The lowest BCUT2D eigenvalue weighted by molar-refractivity contribution is -0.156. The number of carbonyl (C=O) groups is 1. The number of esters is 1. The maximum atomic E-state index is 11.4. The summed E-state index contributed by atoms with van der Waals surface area (Å²) >= 11 is 0. The molecule has 0 bridgehead atoms. The van der Waals surface area contributed by atoms with Gasteiger partial charge in [0.15, 0.2) is 0 Å². The highest BCUT2D eigenvalue weighted by Gasteiger charge is 2.60. The van der Waals surface area contributed by atoms with Crippen LogP contribution in [-0.4, -0.2) is 11.6 Å². The summed E-state index contributed by atoms with van der Waals surface area (Å²) in [5.74, 6) is -0.102. The molecule has 0 N–H and O–H groups in total. The fourth-order valence-electron chi connectivity index (χ4n) is 3.75. The van der Waals surface area contributed by atoms with E-state index in [2.05, 4.69) is 6.92 Å². The summed E-state index contributed by atoms with van der Waals surface area (Å²) in [5, 5.41) is 0. The quantitative estimate of drug-likeness (QED) is 0.551. The van der Waals surface area contributed by atoms with Gasteiger partial charge in [-0.3, -0.25) is 0 Å². The minimum Gasteiger partial charge on any atom is -0.451 e. The third-order valence-electron chi connectivity index (χ3n) is 4.49. The van der Waals surface area contributed by atoms with Crippen LogP contribution in [0, 0.1) is 5.41 Å². The predicted molar refractivity (Wildman–Crippen MR) is 52.7 cm³/mol. The maximum absolute atomic E-state index is 11.4. The zero-order valence-electron chi connectivity index (χ0n) is 8.64. The van der Waals surface area contributed by atoms with Gasteiger partial charge in [-0.25, -0.2) is 4.79 Å². The van der Waals surface area contributed by atoms with Crippen molar-refractivity contribution < 1.29 is 9.53 Å². The molecular formula is C12H16O2. The van der Waals surface area contributed by atoms with E-state index in [9.17, 15) is 4.79 Å². The van der Waals surface area contributed by atoms with Gasteiger partial charge in [-0.05, 0) is 44.1 Å². The van der Waals surface area contributed by atoms with Gasteiger partial charge in [0.2, 0.25) is 0 Å². The number of carbonyl (C=O) groups excluding carboxylic acids is 1. The fourth-order valence-corrected chi connectivity index (χ4v) is 3.75. The van der Waals surface area contributed by atoms with Crippen LogP contribution in [0.25, 0.3) is 0 Å². The highest BCUT2D eigenvalue weighted by molar-refractivity contribution is 5.87. The van der Waals surface area contributed by atoms with Crippen molar-refractivity contribution in [3.05, 3.63) is 11.6 Å². The Morgan fingerprint density at radius 1 is 1.29 bits per heavy atom. The van der Waals surface area contributed by atoms with Crippen LogP contribution in [0.1, 0.15) is 45.4 Å². The molecule has 2 fully saturated rings. The van der Waals surface area contributed by atoms with Crippen LogP contribution in [0.15, 0.2) is 11.6 Å². The number of rotatable bonds is 0. The summed E-state index contributed by atoms with van der Waals surface area (Å²) in [4.78, 5) is 11.4. The standard InChI is InChI=1S/C12H16O2/c1-11-5-2-4-9-8-10(13)14-12(9,11)7-3-6-11/h8H,2-7H2,1H3/t11-,12+/m1/s1. The predicted octanol–water partition coefficient (Wildman–Crippen LogP) is 2.58. The molecule has 0 aromatic carbocycles. The average molecular weight is 192 g/mol. The van der Waals surface area contributed by atoms with Crippen LogP contribution in [-0.2, 0) is 9.53 Å². The molecule has 2 heteroatoms. The highest BCUT2D eigenvalue weighted by Crippen LogP contribution is 2.60. The monoisotopic (exact) mass is 192 g/mol. The van der Waals surface area contributed by atoms with Crippen LogP contribution < -0.4 is 0 Å². The van der Waals surface area contributed by atoms with Crippen molar-refractivity contribution in [2.75, 3.05) is 0 Å². The van der Waals surface area contributed by atoms with Gasteiger partial charge in [0.1, 0.15) is 5.60 Å². The van der Waals surface area contributed by atoms with Crippen molar-refractivity contribution in [3.8, 4) is 0 Å². The third kappa shape index (κ3) is 0.800. The molecule has 14 heavy (non-hydrogen) atoms. The van der Waals surface area contributed by atoms with E-state index in [1.165, 1.54) is 31.3 Å². The normalized spacial score (nSPS) is 45.5.